The number of carbonyl (C=O) groups is 1. The minimum Gasteiger partial charge on any atom is -0.325 e. The van der Waals surface area contributed by atoms with Crippen molar-refractivity contribution >= 4 is 28.6 Å². The van der Waals surface area contributed by atoms with Gasteiger partial charge in [0.15, 0.2) is 0 Å². The van der Waals surface area contributed by atoms with Crippen molar-refractivity contribution in [3.63, 3.8) is 0 Å². The summed E-state index contributed by atoms with van der Waals surface area (Å²) in [4.78, 5) is 27.4. The molecule has 3 rings (SSSR count). The monoisotopic (exact) mass is 385 g/mol. The summed E-state index contributed by atoms with van der Waals surface area (Å²) in [6.07, 6.45) is 0.177. The maximum atomic E-state index is 12.2. The fourth-order valence-corrected chi connectivity index (χ4v) is 3.59. The fraction of sp³-hybridized carbons (Fsp3) is 0.278. The van der Waals surface area contributed by atoms with Crippen LogP contribution in [0, 0.1) is 30.9 Å². The molecule has 1 N–H and O–H groups in total. The predicted molar refractivity (Wildman–Crippen MR) is 103 cm³/mol. The Morgan fingerprint density at radius 1 is 1.30 bits per heavy atom. The number of rotatable bonds is 6. The van der Waals surface area contributed by atoms with Crippen LogP contribution in [0.15, 0.2) is 29.6 Å². The second kappa shape index (κ2) is 7.67. The molecule has 9 heteroatoms. The quantitative estimate of drug-likeness (QED) is 0.517. The summed E-state index contributed by atoms with van der Waals surface area (Å²) >= 11 is 1.39. The van der Waals surface area contributed by atoms with E-state index >= 15 is 0 Å². The van der Waals surface area contributed by atoms with Crippen LogP contribution in [-0.2, 0) is 17.8 Å². The average Bonchev–Trinajstić information content (AvgIpc) is 3.14. The van der Waals surface area contributed by atoms with Gasteiger partial charge in [0, 0.05) is 11.1 Å². The van der Waals surface area contributed by atoms with Crippen molar-refractivity contribution in [3.8, 4) is 0 Å². The zero-order valence-electron chi connectivity index (χ0n) is 15.2. The third kappa shape index (κ3) is 4.20. The standard InChI is InChI=1S/C18H19N5O3S/c1-11-6-4-5-7-15(11)20-16(24)8-17-19-14(10-27-17)9-22-13(3)18(23(25)26)12(2)21-22/h4-7,10H,8-9H2,1-3H3,(H,20,24). The number of anilines is 1. The molecule has 0 aliphatic carbocycles. The maximum Gasteiger partial charge on any atom is 0.312 e. The molecule has 0 saturated carbocycles. The van der Waals surface area contributed by atoms with Crippen LogP contribution in [0.4, 0.5) is 11.4 Å². The Labute approximate surface area is 160 Å². The number of nitro groups is 1. The van der Waals surface area contributed by atoms with Crippen molar-refractivity contribution in [2.45, 2.75) is 33.7 Å². The van der Waals surface area contributed by atoms with E-state index in [9.17, 15) is 14.9 Å². The Bertz CT molecular complexity index is 1010. The van der Waals surface area contributed by atoms with E-state index in [0.29, 0.717) is 22.9 Å². The molecule has 0 radical (unpaired) electrons. The number of aryl methyl sites for hydroxylation is 2. The molecule has 1 amide bonds. The van der Waals surface area contributed by atoms with Gasteiger partial charge in [0.25, 0.3) is 0 Å². The highest BCUT2D eigenvalue weighted by Gasteiger charge is 2.22. The first kappa shape index (κ1) is 18.7. The lowest BCUT2D eigenvalue weighted by molar-refractivity contribution is -0.386. The van der Waals surface area contributed by atoms with Gasteiger partial charge in [-0.1, -0.05) is 18.2 Å². The van der Waals surface area contributed by atoms with Crippen LogP contribution in [0.3, 0.4) is 0 Å². The first-order valence-corrected chi connectivity index (χ1v) is 9.20. The molecular weight excluding hydrogens is 366 g/mol. The van der Waals surface area contributed by atoms with E-state index in [1.165, 1.54) is 11.3 Å². The van der Waals surface area contributed by atoms with Gasteiger partial charge in [-0.15, -0.1) is 11.3 Å². The lowest BCUT2D eigenvalue weighted by Crippen LogP contribution is -2.15. The van der Waals surface area contributed by atoms with Gasteiger partial charge in [0.05, 0.1) is 23.6 Å². The first-order chi connectivity index (χ1) is 12.8. The molecular formula is C18H19N5O3S. The Morgan fingerprint density at radius 3 is 2.70 bits per heavy atom. The van der Waals surface area contributed by atoms with Crippen molar-refractivity contribution in [3.05, 3.63) is 67.4 Å². The SMILES string of the molecule is Cc1ccccc1NC(=O)Cc1nc(Cn2nc(C)c([N+](=O)[O-])c2C)cs1. The van der Waals surface area contributed by atoms with Crippen LogP contribution >= 0.6 is 11.3 Å². The van der Waals surface area contributed by atoms with Crippen LogP contribution < -0.4 is 5.32 Å². The highest BCUT2D eigenvalue weighted by Crippen LogP contribution is 2.23. The summed E-state index contributed by atoms with van der Waals surface area (Å²) in [5.41, 5.74) is 3.41. The van der Waals surface area contributed by atoms with Crippen LogP contribution in [0.2, 0.25) is 0 Å². The number of carbonyl (C=O) groups excluding carboxylic acids is 1. The van der Waals surface area contributed by atoms with Crippen molar-refractivity contribution in [2.24, 2.45) is 0 Å². The van der Waals surface area contributed by atoms with E-state index in [2.05, 4.69) is 15.4 Å². The molecule has 0 aliphatic rings. The highest BCUT2D eigenvalue weighted by molar-refractivity contribution is 7.09. The summed E-state index contributed by atoms with van der Waals surface area (Å²) in [7, 11) is 0. The van der Waals surface area contributed by atoms with E-state index in [1.807, 2.05) is 36.6 Å². The minimum absolute atomic E-state index is 0.0306. The Morgan fingerprint density at radius 2 is 2.04 bits per heavy atom. The molecule has 2 aromatic heterocycles. The highest BCUT2D eigenvalue weighted by atomic mass is 32.1. The molecule has 0 bridgehead atoms. The normalized spacial score (nSPS) is 10.8. The largest absolute Gasteiger partial charge is 0.325 e. The smallest absolute Gasteiger partial charge is 0.312 e. The molecule has 140 valence electrons. The lowest BCUT2D eigenvalue weighted by atomic mass is 10.2. The Hall–Kier alpha value is -3.07. The number of thiazole rings is 1. The van der Waals surface area contributed by atoms with Crippen LogP contribution in [0.1, 0.15) is 27.7 Å². The number of para-hydroxylation sites is 1. The first-order valence-electron chi connectivity index (χ1n) is 8.32. The molecule has 0 fully saturated rings. The molecule has 0 saturated heterocycles. The summed E-state index contributed by atoms with van der Waals surface area (Å²) in [5.74, 6) is -0.132. The van der Waals surface area contributed by atoms with E-state index in [4.69, 9.17) is 0 Å². The number of hydrogen-bond donors (Lipinski definition) is 1. The summed E-state index contributed by atoms with van der Waals surface area (Å²) < 4.78 is 1.57. The third-order valence-electron chi connectivity index (χ3n) is 4.17. The summed E-state index contributed by atoms with van der Waals surface area (Å²) in [5, 5.41) is 20.7. The summed E-state index contributed by atoms with van der Waals surface area (Å²) in [6.45, 7) is 5.55. The Kier molecular flexibility index (Phi) is 5.31. The van der Waals surface area contributed by atoms with Gasteiger partial charge >= 0.3 is 5.69 Å². The Balaban J connectivity index is 1.67. The fourth-order valence-electron chi connectivity index (χ4n) is 2.81. The number of aromatic nitrogens is 3. The zero-order valence-corrected chi connectivity index (χ0v) is 16.0. The molecule has 0 spiro atoms. The van der Waals surface area contributed by atoms with E-state index in [-0.39, 0.29) is 18.0 Å². The van der Waals surface area contributed by atoms with Gasteiger partial charge in [-0.2, -0.15) is 5.10 Å². The molecule has 0 atom stereocenters. The molecule has 27 heavy (non-hydrogen) atoms. The van der Waals surface area contributed by atoms with Gasteiger partial charge in [0.2, 0.25) is 5.91 Å². The van der Waals surface area contributed by atoms with E-state index in [1.54, 1.807) is 18.5 Å². The zero-order chi connectivity index (χ0) is 19.6. The minimum atomic E-state index is -0.420. The predicted octanol–water partition coefficient (Wildman–Crippen LogP) is 3.40. The van der Waals surface area contributed by atoms with Gasteiger partial charge in [-0.25, -0.2) is 4.98 Å². The second-order valence-corrected chi connectivity index (χ2v) is 7.15. The number of amides is 1. The van der Waals surface area contributed by atoms with Crippen molar-refractivity contribution in [1.29, 1.82) is 0 Å². The number of hydrogen-bond acceptors (Lipinski definition) is 6. The van der Waals surface area contributed by atoms with Gasteiger partial charge < -0.3 is 5.32 Å². The molecule has 8 nitrogen and oxygen atoms in total. The van der Waals surface area contributed by atoms with Crippen LogP contribution in [0.25, 0.3) is 0 Å². The van der Waals surface area contributed by atoms with Gasteiger partial charge in [0.1, 0.15) is 16.4 Å². The van der Waals surface area contributed by atoms with Crippen LogP contribution in [0.5, 0.6) is 0 Å². The van der Waals surface area contributed by atoms with Crippen LogP contribution in [-0.4, -0.2) is 25.6 Å². The van der Waals surface area contributed by atoms with Crippen molar-refractivity contribution < 1.29 is 9.72 Å². The number of benzene rings is 1. The maximum absolute atomic E-state index is 12.2. The third-order valence-corrected chi connectivity index (χ3v) is 5.07. The average molecular weight is 385 g/mol. The molecule has 1 aromatic carbocycles. The van der Waals surface area contributed by atoms with Gasteiger partial charge in [-0.3, -0.25) is 19.6 Å². The van der Waals surface area contributed by atoms with Crippen molar-refractivity contribution in [2.75, 3.05) is 5.32 Å². The topological polar surface area (TPSA) is 103 Å². The number of nitrogens with zero attached hydrogens (tertiary/aromatic N) is 4. The van der Waals surface area contributed by atoms with E-state index in [0.717, 1.165) is 16.9 Å². The lowest BCUT2D eigenvalue weighted by Gasteiger charge is -2.06. The molecule has 3 aromatic rings. The van der Waals surface area contributed by atoms with Crippen molar-refractivity contribution in [1.82, 2.24) is 14.8 Å². The summed E-state index contributed by atoms with van der Waals surface area (Å²) in [6, 6.07) is 7.58. The molecule has 0 unspecified atom stereocenters. The second-order valence-electron chi connectivity index (χ2n) is 6.21. The van der Waals surface area contributed by atoms with Gasteiger partial charge in [-0.05, 0) is 32.4 Å². The van der Waals surface area contributed by atoms with E-state index < -0.39 is 4.92 Å². The molecule has 2 heterocycles. The molecule has 0 aliphatic heterocycles. The number of nitrogens with one attached hydrogen (secondary N) is 1.